The Hall–Kier alpha value is -0.120. The lowest BCUT2D eigenvalue weighted by Gasteiger charge is -2.20. The lowest BCUT2D eigenvalue weighted by atomic mass is 10.2. The molecule has 0 rings (SSSR count). The van der Waals surface area contributed by atoms with Crippen molar-refractivity contribution < 1.29 is 5.11 Å². The summed E-state index contributed by atoms with van der Waals surface area (Å²) in [6, 6.07) is 0. The second-order valence-electron chi connectivity index (χ2n) is 3.73. The monoisotopic (exact) mass is 202 g/mol. The van der Waals surface area contributed by atoms with Gasteiger partial charge in [-0.15, -0.1) is 0 Å². The highest BCUT2D eigenvalue weighted by Gasteiger charge is 2.01. The van der Waals surface area contributed by atoms with E-state index in [0.717, 1.165) is 19.5 Å². The lowest BCUT2D eigenvalue weighted by Crippen LogP contribution is -2.28. The summed E-state index contributed by atoms with van der Waals surface area (Å²) in [6.07, 6.45) is 4.62. The fraction of sp³-hybridized carbons (Fsp3) is 1.00. The van der Waals surface area contributed by atoms with Crippen molar-refractivity contribution in [2.45, 2.75) is 32.6 Å². The second kappa shape index (κ2) is 11.0. The molecule has 0 amide bonds. The maximum atomic E-state index is 8.76. The Kier molecular flexibility index (Phi) is 10.9. The SMILES string of the molecule is CCCN(CCCO)CCCCNC. The number of aliphatic hydroxyl groups is 1. The van der Waals surface area contributed by atoms with E-state index in [1.165, 1.54) is 32.4 Å². The Labute approximate surface area is 88.5 Å². The Morgan fingerprint density at radius 3 is 2.36 bits per heavy atom. The first-order valence-electron chi connectivity index (χ1n) is 5.83. The number of rotatable bonds is 10. The van der Waals surface area contributed by atoms with Crippen LogP contribution >= 0.6 is 0 Å². The molecule has 0 spiro atoms. The number of nitrogens with one attached hydrogen (secondary N) is 1. The maximum absolute atomic E-state index is 8.76. The molecule has 0 saturated heterocycles. The summed E-state index contributed by atoms with van der Waals surface area (Å²) in [5, 5.41) is 11.9. The normalized spacial score (nSPS) is 11.1. The molecule has 3 nitrogen and oxygen atoms in total. The van der Waals surface area contributed by atoms with Crippen molar-refractivity contribution in [3.8, 4) is 0 Å². The fourth-order valence-corrected chi connectivity index (χ4v) is 1.58. The number of unbranched alkanes of at least 4 members (excludes halogenated alkanes) is 1. The number of aliphatic hydroxyl groups excluding tert-OH is 1. The van der Waals surface area contributed by atoms with E-state index >= 15 is 0 Å². The molecule has 0 aliphatic carbocycles. The summed E-state index contributed by atoms with van der Waals surface area (Å²) < 4.78 is 0. The van der Waals surface area contributed by atoms with Gasteiger partial charge in [0, 0.05) is 13.2 Å². The van der Waals surface area contributed by atoms with Crippen LogP contribution in [0.15, 0.2) is 0 Å². The van der Waals surface area contributed by atoms with Crippen LogP contribution in [0.2, 0.25) is 0 Å². The van der Waals surface area contributed by atoms with Crippen molar-refractivity contribution in [3.63, 3.8) is 0 Å². The third-order valence-corrected chi connectivity index (χ3v) is 2.32. The van der Waals surface area contributed by atoms with Crippen LogP contribution in [0.3, 0.4) is 0 Å². The molecule has 0 aromatic rings. The number of hydrogen-bond acceptors (Lipinski definition) is 3. The molecule has 0 aliphatic rings. The van der Waals surface area contributed by atoms with Gasteiger partial charge in [0.1, 0.15) is 0 Å². The average Bonchev–Trinajstić information content (AvgIpc) is 2.20. The molecule has 0 fully saturated rings. The Morgan fingerprint density at radius 1 is 1.07 bits per heavy atom. The van der Waals surface area contributed by atoms with Gasteiger partial charge in [0.15, 0.2) is 0 Å². The van der Waals surface area contributed by atoms with E-state index < -0.39 is 0 Å². The highest BCUT2D eigenvalue weighted by molar-refractivity contribution is 4.57. The molecule has 0 atom stereocenters. The number of hydrogen-bond donors (Lipinski definition) is 2. The van der Waals surface area contributed by atoms with Crippen LogP contribution in [0.1, 0.15) is 32.6 Å². The predicted molar refractivity (Wildman–Crippen MR) is 61.6 cm³/mol. The smallest absolute Gasteiger partial charge is 0.0443 e. The van der Waals surface area contributed by atoms with E-state index in [1.807, 2.05) is 7.05 Å². The van der Waals surface area contributed by atoms with Crippen molar-refractivity contribution in [1.82, 2.24) is 10.2 Å². The highest BCUT2D eigenvalue weighted by atomic mass is 16.3. The lowest BCUT2D eigenvalue weighted by molar-refractivity contribution is 0.221. The van der Waals surface area contributed by atoms with Gasteiger partial charge in [-0.25, -0.2) is 0 Å². The van der Waals surface area contributed by atoms with Gasteiger partial charge < -0.3 is 15.3 Å². The summed E-state index contributed by atoms with van der Waals surface area (Å²) in [7, 11) is 2.00. The molecule has 0 aromatic heterocycles. The standard InChI is InChI=1S/C11H26N2O/c1-3-8-13(10-6-11-14)9-5-4-7-12-2/h12,14H,3-11H2,1-2H3. The fourth-order valence-electron chi connectivity index (χ4n) is 1.58. The molecular formula is C11H26N2O. The molecular weight excluding hydrogens is 176 g/mol. The molecule has 0 unspecified atom stereocenters. The van der Waals surface area contributed by atoms with Gasteiger partial charge in [0.05, 0.1) is 0 Å². The Morgan fingerprint density at radius 2 is 1.79 bits per heavy atom. The molecule has 0 radical (unpaired) electrons. The van der Waals surface area contributed by atoms with E-state index in [-0.39, 0.29) is 0 Å². The summed E-state index contributed by atoms with van der Waals surface area (Å²) in [5.74, 6) is 0. The van der Waals surface area contributed by atoms with Crippen molar-refractivity contribution in [1.29, 1.82) is 0 Å². The number of nitrogens with zero attached hydrogens (tertiary/aromatic N) is 1. The van der Waals surface area contributed by atoms with Crippen molar-refractivity contribution in [3.05, 3.63) is 0 Å². The van der Waals surface area contributed by atoms with Crippen LogP contribution in [-0.4, -0.2) is 49.8 Å². The molecule has 0 aliphatic heterocycles. The topological polar surface area (TPSA) is 35.5 Å². The predicted octanol–water partition coefficient (Wildman–Crippen LogP) is 1.08. The third-order valence-electron chi connectivity index (χ3n) is 2.32. The summed E-state index contributed by atoms with van der Waals surface area (Å²) in [6.45, 7) is 7.02. The molecule has 0 heterocycles. The van der Waals surface area contributed by atoms with E-state index in [1.54, 1.807) is 0 Å². The molecule has 86 valence electrons. The minimum atomic E-state index is 0.316. The first-order chi connectivity index (χ1) is 6.85. The van der Waals surface area contributed by atoms with Gasteiger partial charge in [-0.05, 0) is 52.4 Å². The van der Waals surface area contributed by atoms with Crippen LogP contribution in [0.25, 0.3) is 0 Å². The van der Waals surface area contributed by atoms with E-state index in [9.17, 15) is 0 Å². The molecule has 0 aromatic carbocycles. The minimum Gasteiger partial charge on any atom is -0.396 e. The van der Waals surface area contributed by atoms with Gasteiger partial charge in [0.25, 0.3) is 0 Å². The summed E-state index contributed by atoms with van der Waals surface area (Å²) >= 11 is 0. The Balaban J connectivity index is 3.40. The largest absolute Gasteiger partial charge is 0.396 e. The zero-order chi connectivity index (χ0) is 10.6. The first kappa shape index (κ1) is 13.9. The molecule has 14 heavy (non-hydrogen) atoms. The van der Waals surface area contributed by atoms with Crippen LogP contribution < -0.4 is 5.32 Å². The molecule has 3 heteroatoms. The van der Waals surface area contributed by atoms with Crippen molar-refractivity contribution in [2.75, 3.05) is 39.8 Å². The highest BCUT2D eigenvalue weighted by Crippen LogP contribution is 1.98. The van der Waals surface area contributed by atoms with Gasteiger partial charge in [-0.2, -0.15) is 0 Å². The average molecular weight is 202 g/mol. The second-order valence-corrected chi connectivity index (χ2v) is 3.73. The zero-order valence-electron chi connectivity index (χ0n) is 9.76. The summed E-state index contributed by atoms with van der Waals surface area (Å²) in [5.41, 5.74) is 0. The molecule has 0 saturated carbocycles. The van der Waals surface area contributed by atoms with Crippen LogP contribution in [0, 0.1) is 0 Å². The van der Waals surface area contributed by atoms with E-state index in [2.05, 4.69) is 17.1 Å². The first-order valence-corrected chi connectivity index (χ1v) is 5.83. The quantitative estimate of drug-likeness (QED) is 0.520. The van der Waals surface area contributed by atoms with Crippen molar-refractivity contribution in [2.24, 2.45) is 0 Å². The summed E-state index contributed by atoms with van der Waals surface area (Å²) in [4.78, 5) is 2.45. The van der Waals surface area contributed by atoms with Crippen LogP contribution in [0.4, 0.5) is 0 Å². The van der Waals surface area contributed by atoms with E-state index in [4.69, 9.17) is 5.11 Å². The molecule has 0 bridgehead atoms. The maximum Gasteiger partial charge on any atom is 0.0443 e. The van der Waals surface area contributed by atoms with E-state index in [0.29, 0.717) is 6.61 Å². The minimum absolute atomic E-state index is 0.316. The van der Waals surface area contributed by atoms with Gasteiger partial charge in [0.2, 0.25) is 0 Å². The van der Waals surface area contributed by atoms with Crippen molar-refractivity contribution >= 4 is 0 Å². The Bertz CT molecular complexity index is 109. The van der Waals surface area contributed by atoms with Gasteiger partial charge >= 0.3 is 0 Å². The zero-order valence-corrected chi connectivity index (χ0v) is 9.76. The van der Waals surface area contributed by atoms with Gasteiger partial charge in [-0.3, -0.25) is 0 Å². The van der Waals surface area contributed by atoms with Crippen LogP contribution in [-0.2, 0) is 0 Å². The van der Waals surface area contributed by atoms with Gasteiger partial charge in [-0.1, -0.05) is 6.92 Å². The molecule has 2 N–H and O–H groups in total. The third kappa shape index (κ3) is 8.48. The van der Waals surface area contributed by atoms with Crippen LogP contribution in [0.5, 0.6) is 0 Å².